The molecule has 0 saturated carbocycles. The second-order valence-electron chi connectivity index (χ2n) is 18.6. The lowest BCUT2D eigenvalue weighted by molar-refractivity contribution is -0.303. The number of nitrogens with zero attached hydrogens (tertiary/aromatic N) is 2. The molecule has 362 valence electrons. The molecule has 1 amide bonds. The second kappa shape index (κ2) is 30.7. The van der Waals surface area contributed by atoms with Crippen molar-refractivity contribution in [1.29, 1.82) is 0 Å². The average molecular weight is 886 g/mol. The molecule has 7 N–H and O–H groups in total. The Hall–Kier alpha value is -1.34. The van der Waals surface area contributed by atoms with Crippen LogP contribution >= 0.6 is 0 Å². The fraction of sp³-hybridized carbons (Fsp3) is 0.978. The predicted molar refractivity (Wildman–Crippen MR) is 230 cm³/mol. The van der Waals surface area contributed by atoms with Crippen molar-refractivity contribution in [2.75, 3.05) is 45.9 Å². The topological polar surface area (TPSA) is 185 Å². The molecule has 0 bridgehead atoms. The number of nitrogens with one attached hydrogen (secondary N) is 1. The van der Waals surface area contributed by atoms with Gasteiger partial charge in [-0.3, -0.25) is 10.2 Å². The van der Waals surface area contributed by atoms with Crippen LogP contribution in [0.3, 0.4) is 0 Å². The third kappa shape index (κ3) is 23.4. The van der Waals surface area contributed by atoms with E-state index in [0.29, 0.717) is 32.4 Å². The Morgan fingerprint density at radius 1 is 0.721 bits per heavy atom. The number of halogens is 3. The Balaban J connectivity index is 1.79. The lowest BCUT2D eigenvalue weighted by Crippen LogP contribution is -2.61. The van der Waals surface area contributed by atoms with Crippen molar-refractivity contribution in [2.24, 2.45) is 0 Å². The number of hydrogen-bond donors (Lipinski definition) is 7. The van der Waals surface area contributed by atoms with Crippen molar-refractivity contribution in [3.05, 3.63) is 0 Å². The number of aliphatic hydroxyl groups is 6. The minimum atomic E-state index is -4.66. The van der Waals surface area contributed by atoms with E-state index in [1.54, 1.807) is 4.90 Å². The molecule has 0 spiro atoms. The van der Waals surface area contributed by atoms with Gasteiger partial charge in [-0.05, 0) is 46.6 Å². The summed E-state index contributed by atoms with van der Waals surface area (Å²) < 4.78 is 59.7. The van der Waals surface area contributed by atoms with E-state index in [1.807, 2.05) is 20.8 Å². The molecule has 61 heavy (non-hydrogen) atoms. The Morgan fingerprint density at radius 2 is 1.21 bits per heavy atom. The molecule has 0 aromatic heterocycles. The molecule has 0 aromatic carbocycles. The summed E-state index contributed by atoms with van der Waals surface area (Å²) in [5.41, 5.74) is -0.512. The summed E-state index contributed by atoms with van der Waals surface area (Å²) in [6.07, 6.45) is 4.09. The van der Waals surface area contributed by atoms with Gasteiger partial charge in [0.15, 0.2) is 6.29 Å². The molecule has 13 nitrogen and oxygen atoms in total. The number of carbonyl (C=O) groups is 1. The summed E-state index contributed by atoms with van der Waals surface area (Å²) in [4.78, 5) is 16.4. The molecule has 0 aliphatic carbocycles. The number of hydrogen-bond acceptors (Lipinski definition) is 12. The molecule has 0 aromatic rings. The summed E-state index contributed by atoms with van der Waals surface area (Å²) in [7, 11) is 0. The summed E-state index contributed by atoms with van der Waals surface area (Å²) >= 11 is 0. The SMILES string of the molecule is CCCCCCCCCCCCCC[C@@H](O)[C@@H](O)[C@H](COC1OC(CO)C(O)C(O)C1O)NC(CCCCCCCCCCN1CCN(C(=O)OC(C)(C)C)CC1)C(F)(F)F. The number of unbranched alkanes of at least 4 members (excludes halogenated alkanes) is 18. The van der Waals surface area contributed by atoms with Gasteiger partial charge in [0.05, 0.1) is 31.5 Å². The minimum absolute atomic E-state index is 0.181. The van der Waals surface area contributed by atoms with Gasteiger partial charge in [0.2, 0.25) is 0 Å². The standard InChI is InChI=1S/C45H86F3N3O10/c1-5-6-7-8-9-10-11-12-13-16-19-22-25-35(53)38(54)34(33-59-42-41(57)40(56)39(55)36(32-52)60-42)49-37(45(46,47)48)26-23-20-17-14-15-18-21-24-27-50-28-30-51(31-29-50)43(58)61-44(2,3)4/h34-42,49,52-57H,5-33H2,1-4H3/t34-,35+,36?,37?,38-,39?,40?,41?,42?/m0/s1. The van der Waals surface area contributed by atoms with E-state index in [2.05, 4.69) is 17.1 Å². The highest BCUT2D eigenvalue weighted by atomic mass is 19.4. The first-order valence-corrected chi connectivity index (χ1v) is 23.8. The van der Waals surface area contributed by atoms with Crippen molar-refractivity contribution < 1.29 is 62.8 Å². The van der Waals surface area contributed by atoms with E-state index in [0.717, 1.165) is 83.8 Å². The number of rotatable bonds is 32. The number of amides is 1. The summed E-state index contributed by atoms with van der Waals surface area (Å²) in [5.74, 6) is 0. The summed E-state index contributed by atoms with van der Waals surface area (Å²) in [5, 5.41) is 65.0. The summed E-state index contributed by atoms with van der Waals surface area (Å²) in [6.45, 7) is 10.4. The van der Waals surface area contributed by atoms with Crippen molar-refractivity contribution in [3.8, 4) is 0 Å². The number of carbonyl (C=O) groups excluding carboxylic acids is 1. The minimum Gasteiger partial charge on any atom is -0.444 e. The average Bonchev–Trinajstić information content (AvgIpc) is 3.21. The van der Waals surface area contributed by atoms with Crippen molar-refractivity contribution in [2.45, 2.75) is 236 Å². The van der Waals surface area contributed by atoms with E-state index >= 15 is 0 Å². The maximum absolute atomic E-state index is 14.4. The molecule has 2 saturated heterocycles. The molecule has 2 aliphatic rings. The largest absolute Gasteiger partial charge is 0.444 e. The van der Waals surface area contributed by atoms with Crippen LogP contribution in [0, 0.1) is 0 Å². The second-order valence-corrected chi connectivity index (χ2v) is 18.6. The molecule has 2 aliphatic heterocycles. The number of aliphatic hydroxyl groups excluding tert-OH is 6. The molecule has 0 radical (unpaired) electrons. The first-order chi connectivity index (χ1) is 29.0. The smallest absolute Gasteiger partial charge is 0.410 e. The fourth-order valence-corrected chi connectivity index (χ4v) is 8.11. The lowest BCUT2D eigenvalue weighted by Gasteiger charge is -2.40. The van der Waals surface area contributed by atoms with Crippen LogP contribution in [0.4, 0.5) is 18.0 Å². The van der Waals surface area contributed by atoms with E-state index in [1.165, 1.54) is 44.9 Å². The van der Waals surface area contributed by atoms with Gasteiger partial charge >= 0.3 is 12.3 Å². The molecule has 2 heterocycles. The van der Waals surface area contributed by atoms with Gasteiger partial charge in [-0.25, -0.2) is 4.79 Å². The molecular weight excluding hydrogens is 800 g/mol. The molecule has 2 fully saturated rings. The Morgan fingerprint density at radius 3 is 1.70 bits per heavy atom. The van der Waals surface area contributed by atoms with Crippen LogP contribution in [0.1, 0.15) is 169 Å². The highest BCUT2D eigenvalue weighted by molar-refractivity contribution is 5.68. The van der Waals surface area contributed by atoms with E-state index in [4.69, 9.17) is 14.2 Å². The van der Waals surface area contributed by atoms with E-state index in [-0.39, 0.29) is 18.9 Å². The van der Waals surface area contributed by atoms with Crippen LogP contribution in [0.25, 0.3) is 0 Å². The number of ether oxygens (including phenoxy) is 3. The van der Waals surface area contributed by atoms with Crippen molar-refractivity contribution >= 4 is 6.09 Å². The van der Waals surface area contributed by atoms with Crippen LogP contribution in [0.2, 0.25) is 0 Å². The van der Waals surface area contributed by atoms with Crippen LogP contribution in [-0.4, -0.2) is 159 Å². The van der Waals surface area contributed by atoms with E-state index in [9.17, 15) is 48.6 Å². The zero-order chi connectivity index (χ0) is 45.3. The lowest BCUT2D eigenvalue weighted by atomic mass is 9.97. The van der Waals surface area contributed by atoms with Gasteiger partial charge in [0, 0.05) is 26.2 Å². The highest BCUT2D eigenvalue weighted by Gasteiger charge is 2.46. The summed E-state index contributed by atoms with van der Waals surface area (Å²) in [6, 6.07) is -3.42. The maximum atomic E-state index is 14.4. The zero-order valence-corrected chi connectivity index (χ0v) is 38.0. The number of alkyl halides is 3. The van der Waals surface area contributed by atoms with Crippen LogP contribution in [0.5, 0.6) is 0 Å². The molecule has 16 heteroatoms. The third-order valence-electron chi connectivity index (χ3n) is 12.0. The molecule has 9 atom stereocenters. The van der Waals surface area contributed by atoms with Gasteiger partial charge in [0.25, 0.3) is 0 Å². The fourth-order valence-electron chi connectivity index (χ4n) is 8.11. The van der Waals surface area contributed by atoms with Crippen LogP contribution in [0.15, 0.2) is 0 Å². The molecular formula is C45H86F3N3O10. The highest BCUT2D eigenvalue weighted by Crippen LogP contribution is 2.28. The van der Waals surface area contributed by atoms with Gasteiger partial charge in [-0.2, -0.15) is 13.2 Å². The van der Waals surface area contributed by atoms with Gasteiger partial charge in [-0.1, -0.05) is 129 Å². The molecule has 2 rings (SSSR count). The predicted octanol–water partition coefficient (Wildman–Crippen LogP) is 6.57. The van der Waals surface area contributed by atoms with Crippen LogP contribution in [-0.2, 0) is 14.2 Å². The quantitative estimate of drug-likeness (QED) is 0.0362. The van der Waals surface area contributed by atoms with Gasteiger partial charge < -0.3 is 49.7 Å². The van der Waals surface area contributed by atoms with Crippen LogP contribution < -0.4 is 5.32 Å². The van der Waals surface area contributed by atoms with Crippen molar-refractivity contribution in [1.82, 2.24) is 15.1 Å². The van der Waals surface area contributed by atoms with Gasteiger partial charge in [-0.15, -0.1) is 0 Å². The zero-order valence-electron chi connectivity index (χ0n) is 38.0. The van der Waals surface area contributed by atoms with E-state index < -0.39 is 80.0 Å². The maximum Gasteiger partial charge on any atom is 0.410 e. The van der Waals surface area contributed by atoms with Gasteiger partial charge in [0.1, 0.15) is 36.1 Å². The Kier molecular flexibility index (Phi) is 28.1. The third-order valence-corrected chi connectivity index (χ3v) is 12.0. The number of piperazine rings is 1. The normalized spacial score (nSPS) is 23.8. The Bertz CT molecular complexity index is 1110. The first kappa shape index (κ1) is 55.8. The molecule has 6 unspecified atom stereocenters. The van der Waals surface area contributed by atoms with Crippen molar-refractivity contribution in [3.63, 3.8) is 0 Å². The Labute approximate surface area is 365 Å². The monoisotopic (exact) mass is 886 g/mol. The first-order valence-electron chi connectivity index (χ1n) is 23.8.